The lowest BCUT2D eigenvalue weighted by atomic mass is 10.1. The molecule has 0 atom stereocenters. The van der Waals surface area contributed by atoms with Gasteiger partial charge in [-0.2, -0.15) is 0 Å². The SMILES string of the molecule is CCN(CC)Cc1cc(OC)cc(CN(CC)CC)c1O. The lowest BCUT2D eigenvalue weighted by Crippen LogP contribution is -2.24. The monoisotopic (exact) mass is 294 g/mol. The normalized spacial score (nSPS) is 11.4. The minimum atomic E-state index is 0.412. The van der Waals surface area contributed by atoms with Gasteiger partial charge in [0.2, 0.25) is 0 Å². The first-order chi connectivity index (χ1) is 10.1. The van der Waals surface area contributed by atoms with Crippen LogP contribution in [0, 0.1) is 0 Å². The molecule has 21 heavy (non-hydrogen) atoms. The summed E-state index contributed by atoms with van der Waals surface area (Å²) >= 11 is 0. The quantitative estimate of drug-likeness (QED) is 0.759. The largest absolute Gasteiger partial charge is 0.507 e. The van der Waals surface area contributed by atoms with E-state index in [1.807, 2.05) is 12.1 Å². The van der Waals surface area contributed by atoms with Gasteiger partial charge in [0.05, 0.1) is 7.11 Å². The Labute approximate surface area is 129 Å². The number of nitrogens with zero attached hydrogens (tertiary/aromatic N) is 2. The fourth-order valence-corrected chi connectivity index (χ4v) is 2.46. The second kappa shape index (κ2) is 8.90. The molecule has 0 aliphatic rings. The number of phenols is 1. The standard InChI is InChI=1S/C17H30N2O2/c1-6-18(7-2)12-14-10-16(21-5)11-15(17(14)20)13-19(8-3)9-4/h10-11,20H,6-9,12-13H2,1-5H3. The van der Waals surface area contributed by atoms with E-state index in [0.717, 1.165) is 56.1 Å². The van der Waals surface area contributed by atoms with Gasteiger partial charge in [-0.15, -0.1) is 0 Å². The molecule has 4 nitrogen and oxygen atoms in total. The minimum Gasteiger partial charge on any atom is -0.507 e. The number of ether oxygens (including phenoxy) is 1. The minimum absolute atomic E-state index is 0.412. The summed E-state index contributed by atoms with van der Waals surface area (Å²) < 4.78 is 5.40. The Bertz CT molecular complexity index is 392. The zero-order valence-electron chi connectivity index (χ0n) is 14.1. The molecule has 0 saturated heterocycles. The summed E-state index contributed by atoms with van der Waals surface area (Å²) in [4.78, 5) is 4.57. The molecule has 0 fully saturated rings. The van der Waals surface area contributed by atoms with E-state index in [4.69, 9.17) is 4.74 Å². The van der Waals surface area contributed by atoms with Crippen molar-refractivity contribution in [3.63, 3.8) is 0 Å². The fraction of sp³-hybridized carbons (Fsp3) is 0.647. The van der Waals surface area contributed by atoms with Gasteiger partial charge in [-0.1, -0.05) is 27.7 Å². The van der Waals surface area contributed by atoms with Gasteiger partial charge in [0.15, 0.2) is 0 Å². The molecule has 1 aromatic carbocycles. The topological polar surface area (TPSA) is 35.9 Å². The third kappa shape index (κ3) is 4.90. The summed E-state index contributed by atoms with van der Waals surface area (Å²) in [7, 11) is 1.68. The maximum atomic E-state index is 10.6. The van der Waals surface area contributed by atoms with Crippen molar-refractivity contribution in [2.24, 2.45) is 0 Å². The molecule has 0 aromatic heterocycles. The highest BCUT2D eigenvalue weighted by molar-refractivity contribution is 5.46. The van der Waals surface area contributed by atoms with Gasteiger partial charge in [-0.05, 0) is 38.3 Å². The maximum Gasteiger partial charge on any atom is 0.124 e. The van der Waals surface area contributed by atoms with Crippen LogP contribution in [0.15, 0.2) is 12.1 Å². The summed E-state index contributed by atoms with van der Waals surface area (Å²) in [6.07, 6.45) is 0. The first-order valence-corrected chi connectivity index (χ1v) is 7.92. The average Bonchev–Trinajstić information content (AvgIpc) is 2.52. The van der Waals surface area contributed by atoms with Crippen LogP contribution in [-0.2, 0) is 13.1 Å². The van der Waals surface area contributed by atoms with Crippen LogP contribution >= 0.6 is 0 Å². The van der Waals surface area contributed by atoms with E-state index in [1.165, 1.54) is 0 Å². The first kappa shape index (κ1) is 17.8. The highest BCUT2D eigenvalue weighted by Crippen LogP contribution is 2.30. The molecule has 4 heteroatoms. The molecule has 1 rings (SSSR count). The van der Waals surface area contributed by atoms with Gasteiger partial charge in [0.25, 0.3) is 0 Å². The van der Waals surface area contributed by atoms with Crippen molar-refractivity contribution in [1.29, 1.82) is 0 Å². The zero-order valence-corrected chi connectivity index (χ0v) is 14.1. The molecule has 0 saturated carbocycles. The van der Waals surface area contributed by atoms with Crippen LogP contribution in [-0.4, -0.2) is 48.2 Å². The fourth-order valence-electron chi connectivity index (χ4n) is 2.46. The smallest absolute Gasteiger partial charge is 0.124 e. The number of phenolic OH excluding ortho intramolecular Hbond substituents is 1. The van der Waals surface area contributed by atoms with Crippen molar-refractivity contribution in [2.75, 3.05) is 33.3 Å². The van der Waals surface area contributed by atoms with Gasteiger partial charge < -0.3 is 9.84 Å². The van der Waals surface area contributed by atoms with Crippen LogP contribution in [0.3, 0.4) is 0 Å². The van der Waals surface area contributed by atoms with Crippen LogP contribution in [0.1, 0.15) is 38.8 Å². The molecule has 0 aliphatic heterocycles. The number of methoxy groups -OCH3 is 1. The average molecular weight is 294 g/mol. The van der Waals surface area contributed by atoms with E-state index in [1.54, 1.807) is 7.11 Å². The van der Waals surface area contributed by atoms with Crippen molar-refractivity contribution in [1.82, 2.24) is 9.80 Å². The Morgan fingerprint density at radius 3 is 1.52 bits per heavy atom. The lowest BCUT2D eigenvalue weighted by molar-refractivity contribution is 0.280. The number of benzene rings is 1. The molecule has 0 heterocycles. The molecule has 0 spiro atoms. The Morgan fingerprint density at radius 1 is 0.857 bits per heavy atom. The predicted octanol–water partition coefficient (Wildman–Crippen LogP) is 3.08. The summed E-state index contributed by atoms with van der Waals surface area (Å²) in [5, 5.41) is 10.6. The zero-order chi connectivity index (χ0) is 15.8. The highest BCUT2D eigenvalue weighted by Gasteiger charge is 2.14. The van der Waals surface area contributed by atoms with Crippen LogP contribution in [0.4, 0.5) is 0 Å². The number of hydrogen-bond acceptors (Lipinski definition) is 4. The number of aromatic hydroxyl groups is 1. The van der Waals surface area contributed by atoms with E-state index in [-0.39, 0.29) is 0 Å². The molecule has 120 valence electrons. The van der Waals surface area contributed by atoms with Crippen LogP contribution < -0.4 is 4.74 Å². The molecule has 0 amide bonds. The lowest BCUT2D eigenvalue weighted by Gasteiger charge is -2.23. The van der Waals surface area contributed by atoms with Gasteiger partial charge in [0, 0.05) is 24.2 Å². The van der Waals surface area contributed by atoms with E-state index in [9.17, 15) is 5.11 Å². The van der Waals surface area contributed by atoms with Crippen LogP contribution in [0.2, 0.25) is 0 Å². The van der Waals surface area contributed by atoms with E-state index in [2.05, 4.69) is 37.5 Å². The summed E-state index contributed by atoms with van der Waals surface area (Å²) in [5.41, 5.74) is 1.89. The molecular weight excluding hydrogens is 264 g/mol. The van der Waals surface area contributed by atoms with Gasteiger partial charge in [-0.25, -0.2) is 0 Å². The van der Waals surface area contributed by atoms with Crippen molar-refractivity contribution in [2.45, 2.75) is 40.8 Å². The second-order valence-corrected chi connectivity index (χ2v) is 5.22. The molecule has 0 bridgehead atoms. The van der Waals surface area contributed by atoms with Gasteiger partial charge in [-0.3, -0.25) is 9.80 Å². The highest BCUT2D eigenvalue weighted by atomic mass is 16.5. The molecule has 0 unspecified atom stereocenters. The Kier molecular flexibility index (Phi) is 7.54. The summed E-state index contributed by atoms with van der Waals surface area (Å²) in [6, 6.07) is 3.89. The molecule has 0 radical (unpaired) electrons. The van der Waals surface area contributed by atoms with E-state index >= 15 is 0 Å². The number of hydrogen-bond donors (Lipinski definition) is 1. The third-order valence-corrected chi connectivity index (χ3v) is 4.05. The first-order valence-electron chi connectivity index (χ1n) is 7.92. The van der Waals surface area contributed by atoms with E-state index in [0.29, 0.717) is 5.75 Å². The Balaban J connectivity index is 3.07. The molecule has 1 aromatic rings. The number of rotatable bonds is 9. The summed E-state index contributed by atoms with van der Waals surface area (Å²) in [6.45, 7) is 13.9. The second-order valence-electron chi connectivity index (χ2n) is 5.22. The summed E-state index contributed by atoms with van der Waals surface area (Å²) in [5.74, 6) is 1.23. The Morgan fingerprint density at radius 2 is 1.24 bits per heavy atom. The van der Waals surface area contributed by atoms with Crippen molar-refractivity contribution in [3.05, 3.63) is 23.3 Å². The van der Waals surface area contributed by atoms with Gasteiger partial charge in [0.1, 0.15) is 11.5 Å². The van der Waals surface area contributed by atoms with Crippen LogP contribution in [0.5, 0.6) is 11.5 Å². The van der Waals surface area contributed by atoms with Gasteiger partial charge >= 0.3 is 0 Å². The maximum absolute atomic E-state index is 10.6. The molecular formula is C17H30N2O2. The molecule has 1 N–H and O–H groups in total. The van der Waals surface area contributed by atoms with Crippen molar-refractivity contribution < 1.29 is 9.84 Å². The third-order valence-electron chi connectivity index (χ3n) is 4.05. The predicted molar refractivity (Wildman–Crippen MR) is 87.9 cm³/mol. The molecule has 0 aliphatic carbocycles. The van der Waals surface area contributed by atoms with Crippen LogP contribution in [0.25, 0.3) is 0 Å². The Hall–Kier alpha value is -1.26. The van der Waals surface area contributed by atoms with Crippen molar-refractivity contribution in [3.8, 4) is 11.5 Å². The van der Waals surface area contributed by atoms with E-state index < -0.39 is 0 Å². The van der Waals surface area contributed by atoms with Crippen molar-refractivity contribution >= 4 is 0 Å².